The Kier molecular flexibility index (Phi) is 4.92. The molecular weight excluding hydrogens is 335 g/mol. The number of carbonyl (C=O) groups is 1. The Balaban J connectivity index is 2.52. The van der Waals surface area contributed by atoms with Crippen LogP contribution in [0.25, 0.3) is 11.3 Å². The van der Waals surface area contributed by atoms with Crippen molar-refractivity contribution in [2.45, 2.75) is 32.9 Å². The molecule has 0 unspecified atom stereocenters. The molecular formula is C15H13ClF3NOS. The first-order chi connectivity index (χ1) is 10.2. The maximum atomic E-state index is 13.0. The first-order valence-electron chi connectivity index (χ1n) is 6.57. The highest BCUT2D eigenvalue weighted by atomic mass is 35.5. The van der Waals surface area contributed by atoms with Crippen LogP contribution in [0, 0.1) is 0 Å². The SMILES string of the molecule is CCc1sc(CC(C)=O)nc1-c1ccc(Cl)c(C(F)(F)F)c1. The number of alkyl halides is 3. The monoisotopic (exact) mass is 347 g/mol. The molecule has 0 atom stereocenters. The van der Waals surface area contributed by atoms with Crippen molar-refractivity contribution in [2.24, 2.45) is 0 Å². The van der Waals surface area contributed by atoms with Gasteiger partial charge in [0.1, 0.15) is 10.8 Å². The average Bonchev–Trinajstić information content (AvgIpc) is 2.80. The van der Waals surface area contributed by atoms with Crippen molar-refractivity contribution in [3.63, 3.8) is 0 Å². The summed E-state index contributed by atoms with van der Waals surface area (Å²) in [6.07, 6.45) is -3.69. The van der Waals surface area contributed by atoms with Crippen molar-refractivity contribution >= 4 is 28.7 Å². The summed E-state index contributed by atoms with van der Waals surface area (Å²) in [6.45, 7) is 3.35. The molecule has 0 saturated heterocycles. The van der Waals surface area contributed by atoms with Crippen molar-refractivity contribution in [3.05, 3.63) is 38.7 Å². The van der Waals surface area contributed by atoms with Gasteiger partial charge in [-0.15, -0.1) is 11.3 Å². The molecule has 0 fully saturated rings. The molecule has 118 valence electrons. The smallest absolute Gasteiger partial charge is 0.300 e. The maximum Gasteiger partial charge on any atom is 0.417 e. The molecule has 7 heteroatoms. The van der Waals surface area contributed by atoms with Crippen LogP contribution in [0.1, 0.15) is 29.3 Å². The summed E-state index contributed by atoms with van der Waals surface area (Å²) >= 11 is 6.99. The zero-order valence-electron chi connectivity index (χ0n) is 11.9. The third-order valence-corrected chi connectivity index (χ3v) is 4.54. The van der Waals surface area contributed by atoms with Crippen LogP contribution in [-0.2, 0) is 23.8 Å². The third-order valence-electron chi connectivity index (χ3n) is 3.01. The van der Waals surface area contributed by atoms with Crippen LogP contribution in [-0.4, -0.2) is 10.8 Å². The van der Waals surface area contributed by atoms with E-state index in [9.17, 15) is 18.0 Å². The lowest BCUT2D eigenvalue weighted by Crippen LogP contribution is -2.06. The Hall–Kier alpha value is -1.40. The van der Waals surface area contributed by atoms with Crippen LogP contribution in [0.15, 0.2) is 18.2 Å². The fraction of sp³-hybridized carbons (Fsp3) is 0.333. The van der Waals surface area contributed by atoms with Gasteiger partial charge in [-0.2, -0.15) is 13.2 Å². The molecule has 0 amide bonds. The zero-order chi connectivity index (χ0) is 16.5. The maximum absolute atomic E-state index is 13.0. The van der Waals surface area contributed by atoms with E-state index in [1.54, 1.807) is 0 Å². The van der Waals surface area contributed by atoms with E-state index in [0.717, 1.165) is 10.9 Å². The van der Waals surface area contributed by atoms with Crippen LogP contribution in [0.5, 0.6) is 0 Å². The predicted octanol–water partition coefficient (Wildman–Crippen LogP) is 5.18. The lowest BCUT2D eigenvalue weighted by molar-refractivity contribution is -0.137. The van der Waals surface area contributed by atoms with Crippen LogP contribution in [0.4, 0.5) is 13.2 Å². The van der Waals surface area contributed by atoms with Gasteiger partial charge in [-0.3, -0.25) is 4.79 Å². The van der Waals surface area contributed by atoms with Crippen molar-refractivity contribution in [1.29, 1.82) is 0 Å². The van der Waals surface area contributed by atoms with Gasteiger partial charge in [0.25, 0.3) is 0 Å². The van der Waals surface area contributed by atoms with Gasteiger partial charge in [-0.1, -0.05) is 24.6 Å². The molecule has 0 aliphatic carbocycles. The molecule has 0 aliphatic heterocycles. The number of aryl methyl sites for hydroxylation is 1. The lowest BCUT2D eigenvalue weighted by atomic mass is 10.1. The Labute approximate surface area is 134 Å². The van der Waals surface area contributed by atoms with Crippen molar-refractivity contribution in [3.8, 4) is 11.3 Å². The molecule has 0 bridgehead atoms. The largest absolute Gasteiger partial charge is 0.417 e. The summed E-state index contributed by atoms with van der Waals surface area (Å²) in [7, 11) is 0. The molecule has 0 radical (unpaired) electrons. The van der Waals surface area contributed by atoms with Crippen molar-refractivity contribution < 1.29 is 18.0 Å². The predicted molar refractivity (Wildman–Crippen MR) is 81.3 cm³/mol. The molecule has 2 nitrogen and oxygen atoms in total. The number of thiazole rings is 1. The molecule has 0 aliphatic rings. The molecule has 1 aromatic heterocycles. The first-order valence-corrected chi connectivity index (χ1v) is 7.77. The Morgan fingerprint density at radius 3 is 2.59 bits per heavy atom. The number of carbonyl (C=O) groups excluding carboxylic acids is 1. The molecule has 0 spiro atoms. The van der Waals surface area contributed by atoms with E-state index in [1.807, 2.05) is 6.92 Å². The third kappa shape index (κ3) is 3.67. The summed E-state index contributed by atoms with van der Waals surface area (Å²) in [5, 5.41) is 0.274. The van der Waals surface area contributed by atoms with Crippen molar-refractivity contribution in [2.75, 3.05) is 0 Å². The Bertz CT molecular complexity index is 709. The minimum Gasteiger partial charge on any atom is -0.300 e. The molecule has 0 saturated carbocycles. The normalized spacial score (nSPS) is 11.7. The number of aromatic nitrogens is 1. The summed E-state index contributed by atoms with van der Waals surface area (Å²) < 4.78 is 38.9. The van der Waals surface area contributed by atoms with Gasteiger partial charge in [0.05, 0.1) is 22.7 Å². The second kappa shape index (κ2) is 6.38. The number of ketones is 1. The number of hydrogen-bond acceptors (Lipinski definition) is 3. The number of rotatable bonds is 4. The number of Topliss-reactive ketones (excluding diaryl/α,β-unsaturated/α-hetero) is 1. The van der Waals surface area contributed by atoms with E-state index in [-0.39, 0.29) is 17.2 Å². The fourth-order valence-corrected chi connectivity index (χ4v) is 3.37. The standard InChI is InChI=1S/C15H13ClF3NOS/c1-3-12-14(20-13(22-12)6-8(2)21)9-4-5-11(16)10(7-9)15(17,18)19/h4-5,7H,3,6H2,1-2H3. The van der Waals surface area contributed by atoms with E-state index in [4.69, 9.17) is 11.6 Å². The van der Waals surface area contributed by atoms with Crippen LogP contribution >= 0.6 is 22.9 Å². The molecule has 22 heavy (non-hydrogen) atoms. The van der Waals surface area contributed by atoms with Crippen LogP contribution < -0.4 is 0 Å². The summed E-state index contributed by atoms with van der Waals surface area (Å²) in [6, 6.07) is 3.75. The lowest BCUT2D eigenvalue weighted by Gasteiger charge is -2.10. The second-order valence-corrected chi connectivity index (χ2v) is 6.38. The summed E-state index contributed by atoms with van der Waals surface area (Å²) in [5.41, 5.74) is -0.0274. The molecule has 1 heterocycles. The topological polar surface area (TPSA) is 30.0 Å². The average molecular weight is 348 g/mol. The van der Waals surface area contributed by atoms with E-state index in [1.165, 1.54) is 30.4 Å². The molecule has 0 N–H and O–H groups in total. The number of nitrogens with zero attached hydrogens (tertiary/aromatic N) is 1. The van der Waals surface area contributed by atoms with E-state index < -0.39 is 11.7 Å². The molecule has 2 aromatic rings. The number of benzene rings is 1. The Morgan fingerprint density at radius 1 is 1.36 bits per heavy atom. The summed E-state index contributed by atoms with van der Waals surface area (Å²) in [4.78, 5) is 16.4. The zero-order valence-corrected chi connectivity index (χ0v) is 13.5. The minimum atomic E-state index is -4.52. The number of halogens is 4. The second-order valence-electron chi connectivity index (χ2n) is 4.80. The van der Waals surface area contributed by atoms with Gasteiger partial charge in [0.15, 0.2) is 0 Å². The van der Waals surface area contributed by atoms with Gasteiger partial charge in [-0.05, 0) is 25.5 Å². The van der Waals surface area contributed by atoms with Crippen molar-refractivity contribution in [1.82, 2.24) is 4.98 Å². The van der Waals surface area contributed by atoms with Crippen LogP contribution in [0.3, 0.4) is 0 Å². The summed E-state index contributed by atoms with van der Waals surface area (Å²) in [5.74, 6) is -0.0324. The minimum absolute atomic E-state index is 0.0324. The van der Waals surface area contributed by atoms with Crippen LogP contribution in [0.2, 0.25) is 5.02 Å². The van der Waals surface area contributed by atoms with E-state index in [2.05, 4.69) is 4.98 Å². The highest BCUT2D eigenvalue weighted by molar-refractivity contribution is 7.12. The van der Waals surface area contributed by atoms with Gasteiger partial charge >= 0.3 is 6.18 Å². The Morgan fingerprint density at radius 2 is 2.05 bits per heavy atom. The van der Waals surface area contributed by atoms with Gasteiger partial charge in [0, 0.05) is 10.4 Å². The van der Waals surface area contributed by atoms with Gasteiger partial charge in [0.2, 0.25) is 0 Å². The van der Waals surface area contributed by atoms with E-state index in [0.29, 0.717) is 22.7 Å². The number of hydrogen-bond donors (Lipinski definition) is 0. The molecule has 1 aromatic carbocycles. The highest BCUT2D eigenvalue weighted by Crippen LogP contribution is 2.38. The van der Waals surface area contributed by atoms with Gasteiger partial charge < -0.3 is 0 Å². The highest BCUT2D eigenvalue weighted by Gasteiger charge is 2.33. The fourth-order valence-electron chi connectivity index (χ4n) is 2.04. The van der Waals surface area contributed by atoms with Gasteiger partial charge in [-0.25, -0.2) is 4.98 Å². The quantitative estimate of drug-likeness (QED) is 0.763. The molecule has 2 rings (SSSR count). The van der Waals surface area contributed by atoms with E-state index >= 15 is 0 Å². The first kappa shape index (κ1) is 17.0.